The van der Waals surface area contributed by atoms with Crippen molar-refractivity contribution in [2.24, 2.45) is 5.14 Å². The maximum Gasteiger partial charge on any atom is 0.253 e. The molecule has 1 amide bonds. The number of aromatic nitrogens is 2. The van der Waals surface area contributed by atoms with Crippen molar-refractivity contribution < 1.29 is 13.2 Å². The van der Waals surface area contributed by atoms with Crippen molar-refractivity contribution >= 4 is 39.2 Å². The maximum atomic E-state index is 12.1. The molecule has 1 heterocycles. The van der Waals surface area contributed by atoms with Gasteiger partial charge in [-0.25, -0.2) is 18.5 Å². The van der Waals surface area contributed by atoms with Crippen LogP contribution in [0.15, 0.2) is 45.2 Å². The molecule has 2 rings (SSSR count). The standard InChI is InChI=1S/C13H15N5O4S2/c1-7(23-13-17-10(14)6-11(19)18-13)12(20)16-8-2-4-9(5-3-8)24(15,21)22/h2-7H,1H3,(H,16,20)(H2,15,21,22)(H3,14,17,18,19)/t7-/m1/s1. The van der Waals surface area contributed by atoms with Gasteiger partial charge in [0.15, 0.2) is 5.16 Å². The van der Waals surface area contributed by atoms with Gasteiger partial charge in [0.2, 0.25) is 15.9 Å². The fourth-order valence-corrected chi connectivity index (χ4v) is 3.04. The van der Waals surface area contributed by atoms with Gasteiger partial charge in [-0.1, -0.05) is 11.8 Å². The normalized spacial score (nSPS) is 12.6. The van der Waals surface area contributed by atoms with E-state index in [2.05, 4.69) is 15.3 Å². The number of hydrogen-bond acceptors (Lipinski definition) is 7. The molecule has 0 unspecified atom stereocenters. The molecular weight excluding hydrogens is 354 g/mol. The lowest BCUT2D eigenvalue weighted by Crippen LogP contribution is -2.23. The van der Waals surface area contributed by atoms with E-state index in [0.717, 1.165) is 17.8 Å². The SMILES string of the molecule is C[C@@H](Sc1nc(N)cc(=O)[nH]1)C(=O)Nc1ccc(S(N)(=O)=O)cc1. The zero-order valence-corrected chi connectivity index (χ0v) is 14.1. The molecule has 0 spiro atoms. The number of primary sulfonamides is 1. The van der Waals surface area contributed by atoms with Crippen LogP contribution in [-0.2, 0) is 14.8 Å². The van der Waals surface area contributed by atoms with E-state index in [1.165, 1.54) is 24.3 Å². The number of nitrogens with zero attached hydrogens (tertiary/aromatic N) is 1. The molecule has 24 heavy (non-hydrogen) atoms. The zero-order chi connectivity index (χ0) is 17.9. The summed E-state index contributed by atoms with van der Waals surface area (Å²) in [7, 11) is -3.78. The average molecular weight is 369 g/mol. The molecule has 2 aromatic rings. The second-order valence-corrected chi connectivity index (χ2v) is 7.69. The van der Waals surface area contributed by atoms with E-state index in [9.17, 15) is 18.0 Å². The van der Waals surface area contributed by atoms with Gasteiger partial charge in [-0.2, -0.15) is 0 Å². The number of carbonyl (C=O) groups excluding carboxylic acids is 1. The summed E-state index contributed by atoms with van der Waals surface area (Å²) in [4.78, 5) is 29.8. The van der Waals surface area contributed by atoms with Crippen LogP contribution in [0.25, 0.3) is 0 Å². The van der Waals surface area contributed by atoms with Gasteiger partial charge in [0.05, 0.1) is 10.1 Å². The zero-order valence-electron chi connectivity index (χ0n) is 12.5. The van der Waals surface area contributed by atoms with Crippen LogP contribution in [0.3, 0.4) is 0 Å². The molecule has 9 nitrogen and oxygen atoms in total. The predicted octanol–water partition coefficient (Wildman–Crippen LogP) is 0.119. The van der Waals surface area contributed by atoms with Crippen LogP contribution in [-0.4, -0.2) is 29.5 Å². The molecule has 1 atom stereocenters. The predicted molar refractivity (Wildman–Crippen MR) is 91.0 cm³/mol. The molecule has 1 aromatic heterocycles. The van der Waals surface area contributed by atoms with Crippen LogP contribution in [0.4, 0.5) is 11.5 Å². The Morgan fingerprint density at radius 2 is 1.96 bits per heavy atom. The van der Waals surface area contributed by atoms with E-state index < -0.39 is 20.8 Å². The number of sulfonamides is 1. The molecule has 6 N–H and O–H groups in total. The van der Waals surface area contributed by atoms with Crippen LogP contribution in [0.2, 0.25) is 0 Å². The summed E-state index contributed by atoms with van der Waals surface area (Å²) in [6, 6.07) is 6.58. The van der Waals surface area contributed by atoms with Gasteiger partial charge in [0, 0.05) is 11.8 Å². The summed E-state index contributed by atoms with van der Waals surface area (Å²) in [5.74, 6) is -0.291. The number of rotatable bonds is 5. The monoisotopic (exact) mass is 369 g/mol. The Hall–Kier alpha value is -2.37. The number of amides is 1. The largest absolute Gasteiger partial charge is 0.383 e. The molecule has 1 aromatic carbocycles. The Morgan fingerprint density at radius 1 is 1.33 bits per heavy atom. The summed E-state index contributed by atoms with van der Waals surface area (Å²) in [5.41, 5.74) is 5.48. The molecule has 0 aliphatic carbocycles. The third-order valence-corrected chi connectivity index (χ3v) is 4.76. The summed E-state index contributed by atoms with van der Waals surface area (Å²) in [5, 5.41) is 7.28. The maximum absolute atomic E-state index is 12.1. The van der Waals surface area contributed by atoms with Gasteiger partial charge >= 0.3 is 0 Å². The third kappa shape index (κ3) is 4.81. The Morgan fingerprint density at radius 3 is 2.50 bits per heavy atom. The highest BCUT2D eigenvalue weighted by Crippen LogP contribution is 2.21. The van der Waals surface area contributed by atoms with Gasteiger partial charge < -0.3 is 16.0 Å². The van der Waals surface area contributed by atoms with Gasteiger partial charge in [-0.15, -0.1) is 0 Å². The van der Waals surface area contributed by atoms with Crippen molar-refractivity contribution in [2.45, 2.75) is 22.2 Å². The van der Waals surface area contributed by atoms with E-state index >= 15 is 0 Å². The Kier molecular flexibility index (Phi) is 5.26. The highest BCUT2D eigenvalue weighted by molar-refractivity contribution is 8.00. The first-order valence-electron chi connectivity index (χ1n) is 6.62. The van der Waals surface area contributed by atoms with Crippen molar-refractivity contribution in [3.8, 4) is 0 Å². The van der Waals surface area contributed by atoms with Crippen molar-refractivity contribution in [2.75, 3.05) is 11.1 Å². The summed E-state index contributed by atoms with van der Waals surface area (Å²) < 4.78 is 22.3. The number of thioether (sulfide) groups is 1. The molecule has 11 heteroatoms. The van der Waals surface area contributed by atoms with Gasteiger partial charge in [0.25, 0.3) is 5.56 Å². The number of benzene rings is 1. The Bertz CT molecular complexity index is 909. The van der Waals surface area contributed by atoms with E-state index in [4.69, 9.17) is 10.9 Å². The van der Waals surface area contributed by atoms with E-state index in [1.54, 1.807) is 6.92 Å². The molecule has 0 radical (unpaired) electrons. The number of carbonyl (C=O) groups is 1. The number of nitrogens with two attached hydrogens (primary N) is 2. The van der Waals surface area contributed by atoms with Crippen LogP contribution < -0.4 is 21.7 Å². The number of H-pyrrole nitrogens is 1. The van der Waals surface area contributed by atoms with E-state index in [0.29, 0.717) is 5.69 Å². The Labute approximate surface area is 141 Å². The first-order valence-corrected chi connectivity index (χ1v) is 9.05. The number of nitrogen functional groups attached to an aromatic ring is 1. The molecule has 128 valence electrons. The van der Waals surface area contributed by atoms with Crippen molar-refractivity contribution in [1.29, 1.82) is 0 Å². The molecule has 0 saturated heterocycles. The molecule has 0 aliphatic rings. The van der Waals surface area contributed by atoms with Crippen LogP contribution in [0.5, 0.6) is 0 Å². The number of aromatic amines is 1. The second-order valence-electron chi connectivity index (χ2n) is 4.79. The minimum atomic E-state index is -3.78. The average Bonchev–Trinajstić information content (AvgIpc) is 2.45. The van der Waals surface area contributed by atoms with Gasteiger partial charge in [-0.3, -0.25) is 9.59 Å². The highest BCUT2D eigenvalue weighted by Gasteiger charge is 2.16. The van der Waals surface area contributed by atoms with Crippen molar-refractivity contribution in [3.05, 3.63) is 40.7 Å². The van der Waals surface area contributed by atoms with Crippen LogP contribution in [0.1, 0.15) is 6.92 Å². The minimum absolute atomic E-state index is 0.0514. The van der Waals surface area contributed by atoms with Crippen molar-refractivity contribution in [1.82, 2.24) is 9.97 Å². The molecule has 0 saturated carbocycles. The van der Waals surface area contributed by atoms with Crippen LogP contribution >= 0.6 is 11.8 Å². The number of nitrogens with one attached hydrogen (secondary N) is 2. The molecule has 0 fully saturated rings. The summed E-state index contributed by atoms with van der Waals surface area (Å²) >= 11 is 1.03. The van der Waals surface area contributed by atoms with Crippen molar-refractivity contribution in [3.63, 3.8) is 0 Å². The van der Waals surface area contributed by atoms with Gasteiger partial charge in [-0.05, 0) is 31.2 Å². The number of anilines is 2. The fraction of sp³-hybridized carbons (Fsp3) is 0.154. The lowest BCUT2D eigenvalue weighted by Gasteiger charge is -2.11. The lowest BCUT2D eigenvalue weighted by molar-refractivity contribution is -0.115. The third-order valence-electron chi connectivity index (χ3n) is 2.85. The fourth-order valence-electron chi connectivity index (χ4n) is 1.70. The lowest BCUT2D eigenvalue weighted by atomic mass is 10.3. The first kappa shape index (κ1) is 18.0. The van der Waals surface area contributed by atoms with Crippen LogP contribution in [0, 0.1) is 0 Å². The smallest absolute Gasteiger partial charge is 0.253 e. The number of hydrogen-bond donors (Lipinski definition) is 4. The Balaban J connectivity index is 2.04. The topological polar surface area (TPSA) is 161 Å². The quantitative estimate of drug-likeness (QED) is 0.430. The second kappa shape index (κ2) is 7.03. The van der Waals surface area contributed by atoms with E-state index in [-0.39, 0.29) is 21.8 Å². The van der Waals surface area contributed by atoms with Gasteiger partial charge in [0.1, 0.15) is 5.82 Å². The summed E-state index contributed by atoms with van der Waals surface area (Å²) in [6.07, 6.45) is 0. The molecular formula is C13H15N5O4S2. The van der Waals surface area contributed by atoms with E-state index in [1.807, 2.05) is 0 Å². The molecule has 0 bridgehead atoms. The first-order chi connectivity index (χ1) is 11.1. The minimum Gasteiger partial charge on any atom is -0.383 e. The molecule has 0 aliphatic heterocycles. The highest BCUT2D eigenvalue weighted by atomic mass is 32.2. The summed E-state index contributed by atoms with van der Waals surface area (Å²) in [6.45, 7) is 1.63.